The number of para-hydroxylation sites is 1. The van der Waals surface area contributed by atoms with Crippen molar-refractivity contribution in [3.05, 3.63) is 46.8 Å². The summed E-state index contributed by atoms with van der Waals surface area (Å²) >= 11 is 0. The van der Waals surface area contributed by atoms with Crippen molar-refractivity contribution in [2.75, 3.05) is 27.9 Å². The fraction of sp³-hybridized carbons (Fsp3) is 0.474. The number of hydrogen-bond acceptors (Lipinski definition) is 4. The van der Waals surface area contributed by atoms with E-state index in [0.29, 0.717) is 19.7 Å². The highest BCUT2D eigenvalue weighted by molar-refractivity contribution is 14.0. The molecule has 0 spiro atoms. The number of hydrogen-bond donors (Lipinski definition) is 2. The lowest BCUT2D eigenvalue weighted by Gasteiger charge is -2.14. The van der Waals surface area contributed by atoms with Gasteiger partial charge in [-0.25, -0.2) is 0 Å². The van der Waals surface area contributed by atoms with Gasteiger partial charge in [0.15, 0.2) is 5.96 Å². The second kappa shape index (κ2) is 11.8. The van der Waals surface area contributed by atoms with E-state index in [2.05, 4.69) is 27.6 Å². The summed E-state index contributed by atoms with van der Waals surface area (Å²) in [5.41, 5.74) is 4.43. The van der Waals surface area contributed by atoms with Crippen LogP contribution in [0, 0.1) is 13.8 Å². The van der Waals surface area contributed by atoms with Crippen LogP contribution in [0.4, 0.5) is 0 Å². The van der Waals surface area contributed by atoms with E-state index in [1.165, 1.54) is 5.56 Å². The summed E-state index contributed by atoms with van der Waals surface area (Å²) in [4.78, 5) is 4.30. The lowest BCUT2D eigenvalue weighted by Crippen LogP contribution is -2.36. The topological polar surface area (TPSA) is 72.7 Å². The quantitative estimate of drug-likeness (QED) is 0.341. The zero-order chi connectivity index (χ0) is 18.9. The number of methoxy groups -OCH3 is 2. The van der Waals surface area contributed by atoms with E-state index >= 15 is 0 Å². The molecule has 1 heterocycles. The number of aliphatic imine (C=N–C) groups is 1. The zero-order valence-electron chi connectivity index (χ0n) is 16.7. The molecule has 1 aromatic carbocycles. The molecule has 2 N–H and O–H groups in total. The summed E-state index contributed by atoms with van der Waals surface area (Å²) in [5.74, 6) is 1.60. The fourth-order valence-electron chi connectivity index (χ4n) is 2.81. The maximum Gasteiger partial charge on any atom is 0.191 e. The number of nitrogens with zero attached hydrogens (tertiary/aromatic N) is 3. The first-order valence-corrected chi connectivity index (χ1v) is 8.69. The molecule has 0 saturated heterocycles. The van der Waals surface area contributed by atoms with Gasteiger partial charge in [-0.1, -0.05) is 18.2 Å². The lowest BCUT2D eigenvalue weighted by atomic mass is 10.2. The molecule has 0 unspecified atom stereocenters. The highest BCUT2D eigenvalue weighted by Gasteiger charge is 2.12. The normalized spacial score (nSPS) is 11.1. The Labute approximate surface area is 178 Å². The minimum absolute atomic E-state index is 0. The third-order valence-corrected chi connectivity index (χ3v) is 4.33. The monoisotopic (exact) mass is 487 g/mol. The summed E-state index contributed by atoms with van der Waals surface area (Å²) < 4.78 is 12.5. The molecule has 7 nitrogen and oxygen atoms in total. The Morgan fingerprint density at radius 3 is 2.52 bits per heavy atom. The van der Waals surface area contributed by atoms with Crippen molar-refractivity contribution >= 4 is 29.9 Å². The zero-order valence-corrected chi connectivity index (χ0v) is 19.0. The van der Waals surface area contributed by atoms with Crippen LogP contribution >= 0.6 is 24.0 Å². The van der Waals surface area contributed by atoms with Crippen LogP contribution in [0.3, 0.4) is 0 Å². The molecule has 0 aliphatic heterocycles. The SMILES string of the molecule is CN=C(NCc1ccccc1OC)NCc1c(C)nn(CCOC)c1C.I. The Kier molecular flexibility index (Phi) is 10.2. The van der Waals surface area contributed by atoms with Crippen molar-refractivity contribution in [2.24, 2.45) is 4.99 Å². The van der Waals surface area contributed by atoms with Crippen LogP contribution in [0.2, 0.25) is 0 Å². The van der Waals surface area contributed by atoms with Gasteiger partial charge < -0.3 is 20.1 Å². The van der Waals surface area contributed by atoms with Crippen molar-refractivity contribution in [1.29, 1.82) is 0 Å². The van der Waals surface area contributed by atoms with Gasteiger partial charge in [-0.15, -0.1) is 24.0 Å². The summed E-state index contributed by atoms with van der Waals surface area (Å²) in [7, 11) is 5.14. The van der Waals surface area contributed by atoms with Crippen molar-refractivity contribution in [3.63, 3.8) is 0 Å². The Morgan fingerprint density at radius 1 is 1.15 bits per heavy atom. The first-order valence-electron chi connectivity index (χ1n) is 8.69. The molecule has 0 radical (unpaired) electrons. The number of aromatic nitrogens is 2. The highest BCUT2D eigenvalue weighted by Crippen LogP contribution is 2.16. The first kappa shape index (κ1) is 23.2. The van der Waals surface area contributed by atoms with Gasteiger partial charge in [-0.3, -0.25) is 9.67 Å². The molecule has 150 valence electrons. The van der Waals surface area contributed by atoms with E-state index < -0.39 is 0 Å². The number of rotatable bonds is 8. The number of nitrogens with one attached hydrogen (secondary N) is 2. The van der Waals surface area contributed by atoms with Crippen LogP contribution in [0.25, 0.3) is 0 Å². The average molecular weight is 487 g/mol. The number of benzene rings is 1. The molecule has 0 fully saturated rings. The molecule has 27 heavy (non-hydrogen) atoms. The summed E-state index contributed by atoms with van der Waals surface area (Å²) in [6, 6.07) is 7.95. The second-order valence-corrected chi connectivity index (χ2v) is 5.96. The van der Waals surface area contributed by atoms with Gasteiger partial charge in [0.1, 0.15) is 5.75 Å². The molecule has 2 aromatic rings. The molecular formula is C19H30IN5O2. The Bertz CT molecular complexity index is 746. The molecule has 0 aliphatic rings. The lowest BCUT2D eigenvalue weighted by molar-refractivity contribution is 0.182. The molecule has 2 rings (SSSR count). The summed E-state index contributed by atoms with van der Waals surface area (Å²) in [5, 5.41) is 11.3. The molecule has 0 bridgehead atoms. The molecule has 0 saturated carbocycles. The van der Waals surface area contributed by atoms with Gasteiger partial charge in [0.2, 0.25) is 0 Å². The maximum absolute atomic E-state index is 5.39. The molecule has 0 atom stereocenters. The fourth-order valence-corrected chi connectivity index (χ4v) is 2.81. The third kappa shape index (κ3) is 6.39. The van der Waals surface area contributed by atoms with Crippen LogP contribution in [0.5, 0.6) is 5.75 Å². The Balaban J connectivity index is 0.00000364. The third-order valence-electron chi connectivity index (χ3n) is 4.33. The Hall–Kier alpha value is -1.81. The van der Waals surface area contributed by atoms with Crippen LogP contribution in [0.15, 0.2) is 29.3 Å². The van der Waals surface area contributed by atoms with E-state index in [4.69, 9.17) is 9.47 Å². The van der Waals surface area contributed by atoms with E-state index in [1.807, 2.05) is 35.9 Å². The van der Waals surface area contributed by atoms with Gasteiger partial charge in [-0.2, -0.15) is 5.10 Å². The van der Waals surface area contributed by atoms with Crippen LogP contribution < -0.4 is 15.4 Å². The van der Waals surface area contributed by atoms with Gasteiger partial charge in [-0.05, 0) is 19.9 Å². The van der Waals surface area contributed by atoms with Gasteiger partial charge in [0.05, 0.1) is 26.0 Å². The van der Waals surface area contributed by atoms with Gasteiger partial charge in [0, 0.05) is 44.1 Å². The number of ether oxygens (including phenoxy) is 2. The van der Waals surface area contributed by atoms with Crippen molar-refractivity contribution in [2.45, 2.75) is 33.5 Å². The van der Waals surface area contributed by atoms with Crippen molar-refractivity contribution in [1.82, 2.24) is 20.4 Å². The smallest absolute Gasteiger partial charge is 0.191 e. The summed E-state index contributed by atoms with van der Waals surface area (Å²) in [6.45, 7) is 6.81. The van der Waals surface area contributed by atoms with Crippen LogP contribution in [0.1, 0.15) is 22.5 Å². The molecular weight excluding hydrogens is 457 g/mol. The molecule has 0 amide bonds. The van der Waals surface area contributed by atoms with Crippen LogP contribution in [-0.2, 0) is 24.4 Å². The largest absolute Gasteiger partial charge is 0.496 e. The van der Waals surface area contributed by atoms with Crippen LogP contribution in [-0.4, -0.2) is 43.6 Å². The molecule has 8 heteroatoms. The summed E-state index contributed by atoms with van der Waals surface area (Å²) in [6.07, 6.45) is 0. The minimum Gasteiger partial charge on any atom is -0.496 e. The van der Waals surface area contributed by atoms with E-state index in [0.717, 1.165) is 35.2 Å². The van der Waals surface area contributed by atoms with Gasteiger partial charge >= 0.3 is 0 Å². The molecule has 1 aromatic heterocycles. The van der Waals surface area contributed by atoms with Gasteiger partial charge in [0.25, 0.3) is 0 Å². The predicted molar refractivity (Wildman–Crippen MR) is 119 cm³/mol. The number of guanidine groups is 1. The number of halogens is 1. The average Bonchev–Trinajstić information content (AvgIpc) is 2.93. The standard InChI is InChI=1S/C19H29N5O2.HI/c1-14-17(15(2)24(23-14)10-11-25-4)13-22-19(20-3)21-12-16-8-6-7-9-18(16)26-5;/h6-9H,10-13H2,1-5H3,(H2,20,21,22);1H. The number of aryl methyl sites for hydroxylation is 1. The van der Waals surface area contributed by atoms with E-state index in [-0.39, 0.29) is 24.0 Å². The van der Waals surface area contributed by atoms with Crippen molar-refractivity contribution in [3.8, 4) is 5.75 Å². The molecule has 0 aliphatic carbocycles. The minimum atomic E-state index is 0. The predicted octanol–water partition coefficient (Wildman–Crippen LogP) is 2.64. The van der Waals surface area contributed by atoms with E-state index in [9.17, 15) is 0 Å². The first-order chi connectivity index (χ1) is 12.6. The van der Waals surface area contributed by atoms with Crippen molar-refractivity contribution < 1.29 is 9.47 Å². The highest BCUT2D eigenvalue weighted by atomic mass is 127. The Morgan fingerprint density at radius 2 is 1.85 bits per heavy atom. The second-order valence-electron chi connectivity index (χ2n) is 5.96. The maximum atomic E-state index is 5.39. The van der Waals surface area contributed by atoms with E-state index in [1.54, 1.807) is 21.3 Å².